The molecule has 1 heterocycles. The minimum atomic E-state index is -0.158. The third kappa shape index (κ3) is 13.0. The van der Waals surface area contributed by atoms with Crippen molar-refractivity contribution in [3.63, 3.8) is 0 Å². The van der Waals surface area contributed by atoms with E-state index in [2.05, 4.69) is 66.7 Å². The second-order valence-electron chi connectivity index (χ2n) is 11.2. The molecule has 1 N–H and O–H groups in total. The van der Waals surface area contributed by atoms with Crippen LogP contribution < -0.4 is 9.47 Å². The van der Waals surface area contributed by atoms with Gasteiger partial charge in [0.1, 0.15) is 17.1 Å². The number of fused-ring (bicyclic) bond motifs is 1. The van der Waals surface area contributed by atoms with Gasteiger partial charge in [-0.3, -0.25) is 4.79 Å². The van der Waals surface area contributed by atoms with Gasteiger partial charge in [0, 0.05) is 13.5 Å². The molecule has 0 fully saturated rings. The number of benzene rings is 1. The number of rotatable bonds is 14. The first kappa shape index (κ1) is 33.7. The van der Waals surface area contributed by atoms with Crippen molar-refractivity contribution in [2.45, 2.75) is 131 Å². The standard InChI is InChI=1S/C33H50O3.CH4O/c1-8-9-10-19-31(34)35-30-23-28(6)32-29(24-30)20-22-33(7,36-32)21-13-18-27(5)17-12-16-26(4)15-11-14-25(2)3;1-2/h14,16,18,23-24H,8-13,15,17,19-22H2,1-7H3;2H,1H3/b26-16+,27-18+;. The monoisotopic (exact) mass is 526 g/mol. The Morgan fingerprint density at radius 1 is 0.974 bits per heavy atom. The molecule has 0 radical (unpaired) electrons. The maximum Gasteiger partial charge on any atom is 0.311 e. The molecule has 0 aromatic heterocycles. The van der Waals surface area contributed by atoms with Crippen LogP contribution in [0, 0.1) is 6.92 Å². The molecule has 1 unspecified atom stereocenters. The van der Waals surface area contributed by atoms with Crippen LogP contribution in [0.1, 0.15) is 123 Å². The average molecular weight is 527 g/mol. The summed E-state index contributed by atoms with van der Waals surface area (Å²) in [5.41, 5.74) is 6.40. The molecule has 1 aromatic carbocycles. The smallest absolute Gasteiger partial charge is 0.311 e. The lowest BCUT2D eigenvalue weighted by Gasteiger charge is -2.37. The number of unbranched alkanes of at least 4 members (excludes halogenated alkanes) is 2. The Labute approximate surface area is 233 Å². The first-order valence-electron chi connectivity index (χ1n) is 14.5. The van der Waals surface area contributed by atoms with Crippen LogP contribution in [0.4, 0.5) is 0 Å². The molecule has 0 saturated carbocycles. The number of carbonyl (C=O) groups excluding carboxylic acids is 1. The van der Waals surface area contributed by atoms with E-state index in [1.54, 1.807) is 0 Å². The molecule has 1 atom stereocenters. The van der Waals surface area contributed by atoms with Crippen molar-refractivity contribution in [2.75, 3.05) is 7.11 Å². The minimum Gasteiger partial charge on any atom is -0.487 e. The van der Waals surface area contributed by atoms with Gasteiger partial charge < -0.3 is 14.6 Å². The maximum atomic E-state index is 12.1. The van der Waals surface area contributed by atoms with Gasteiger partial charge in [-0.05, 0) is 123 Å². The summed E-state index contributed by atoms with van der Waals surface area (Å²) in [6.45, 7) is 15.3. The maximum absolute atomic E-state index is 12.1. The van der Waals surface area contributed by atoms with Gasteiger partial charge in [0.05, 0.1) is 0 Å². The van der Waals surface area contributed by atoms with Gasteiger partial charge >= 0.3 is 5.97 Å². The molecule has 0 saturated heterocycles. The lowest BCUT2D eigenvalue weighted by atomic mass is 9.87. The van der Waals surface area contributed by atoms with E-state index in [-0.39, 0.29) is 11.6 Å². The van der Waals surface area contributed by atoms with Crippen molar-refractivity contribution in [1.82, 2.24) is 0 Å². The Bertz CT molecular complexity index is 949. The number of aliphatic hydroxyl groups is 1. The van der Waals surface area contributed by atoms with E-state index < -0.39 is 0 Å². The third-order valence-corrected chi connectivity index (χ3v) is 7.10. The highest BCUT2D eigenvalue weighted by molar-refractivity contribution is 5.72. The highest BCUT2D eigenvalue weighted by Gasteiger charge is 2.32. The summed E-state index contributed by atoms with van der Waals surface area (Å²) in [7, 11) is 1.00. The summed E-state index contributed by atoms with van der Waals surface area (Å²) >= 11 is 0. The van der Waals surface area contributed by atoms with Crippen LogP contribution in [0.15, 0.2) is 47.1 Å². The fourth-order valence-corrected chi connectivity index (χ4v) is 4.74. The molecule has 1 aliphatic rings. The molecule has 1 aliphatic heterocycles. The van der Waals surface area contributed by atoms with Crippen LogP contribution in [0.25, 0.3) is 0 Å². The third-order valence-electron chi connectivity index (χ3n) is 7.10. The van der Waals surface area contributed by atoms with Gasteiger partial charge in [0.15, 0.2) is 0 Å². The summed E-state index contributed by atoms with van der Waals surface area (Å²) in [5, 5.41) is 7.00. The molecule has 0 bridgehead atoms. The minimum absolute atomic E-state index is 0.138. The van der Waals surface area contributed by atoms with Crippen molar-refractivity contribution >= 4 is 5.97 Å². The topological polar surface area (TPSA) is 55.8 Å². The van der Waals surface area contributed by atoms with Crippen LogP contribution in [0.3, 0.4) is 0 Å². The van der Waals surface area contributed by atoms with Crippen molar-refractivity contribution in [2.24, 2.45) is 0 Å². The molecule has 0 spiro atoms. The molecule has 38 heavy (non-hydrogen) atoms. The Morgan fingerprint density at radius 2 is 1.61 bits per heavy atom. The molecule has 2 rings (SSSR count). The normalized spacial score (nSPS) is 17.1. The SMILES string of the molecule is CCCCCC(=O)Oc1cc(C)c2c(c1)CCC(C)(CC/C=C(\C)CC/C=C(\C)CCC=C(C)C)O2.CO. The highest BCUT2D eigenvalue weighted by atomic mass is 16.5. The van der Waals surface area contributed by atoms with Crippen molar-refractivity contribution < 1.29 is 19.4 Å². The average Bonchev–Trinajstić information content (AvgIpc) is 2.86. The van der Waals surface area contributed by atoms with Gasteiger partial charge in [-0.2, -0.15) is 0 Å². The molecule has 214 valence electrons. The number of esters is 1. The Kier molecular flexibility index (Phi) is 16.0. The molecule has 1 aromatic rings. The summed E-state index contributed by atoms with van der Waals surface area (Å²) in [4.78, 5) is 12.1. The van der Waals surface area contributed by atoms with Gasteiger partial charge in [0.2, 0.25) is 0 Å². The summed E-state index contributed by atoms with van der Waals surface area (Å²) in [6.07, 6.45) is 19.2. The Morgan fingerprint density at radius 3 is 2.24 bits per heavy atom. The predicted molar refractivity (Wildman–Crippen MR) is 161 cm³/mol. The number of allylic oxidation sites excluding steroid dienone is 6. The lowest BCUT2D eigenvalue weighted by Crippen LogP contribution is -2.36. The van der Waals surface area contributed by atoms with Crippen molar-refractivity contribution in [1.29, 1.82) is 0 Å². The Balaban J connectivity index is 0.00000352. The number of carbonyl (C=O) groups is 1. The highest BCUT2D eigenvalue weighted by Crippen LogP contribution is 2.40. The summed E-state index contributed by atoms with van der Waals surface area (Å²) in [6, 6.07) is 3.94. The van der Waals surface area contributed by atoms with E-state index in [0.717, 1.165) is 94.6 Å². The van der Waals surface area contributed by atoms with E-state index in [1.165, 1.54) is 16.7 Å². The van der Waals surface area contributed by atoms with E-state index in [4.69, 9.17) is 14.6 Å². The van der Waals surface area contributed by atoms with Gasteiger partial charge in [-0.15, -0.1) is 0 Å². The fourth-order valence-electron chi connectivity index (χ4n) is 4.74. The first-order valence-corrected chi connectivity index (χ1v) is 14.5. The van der Waals surface area contributed by atoms with Crippen molar-refractivity contribution in [3.05, 3.63) is 58.2 Å². The van der Waals surface area contributed by atoms with E-state index in [0.29, 0.717) is 12.2 Å². The molecule has 0 aliphatic carbocycles. The van der Waals surface area contributed by atoms with Crippen LogP contribution in [-0.4, -0.2) is 23.8 Å². The quantitative estimate of drug-likeness (QED) is 0.113. The van der Waals surface area contributed by atoms with E-state index >= 15 is 0 Å². The van der Waals surface area contributed by atoms with E-state index in [9.17, 15) is 4.79 Å². The van der Waals surface area contributed by atoms with Crippen LogP contribution in [-0.2, 0) is 11.2 Å². The number of aryl methyl sites for hydroxylation is 2. The molecule has 4 nitrogen and oxygen atoms in total. The van der Waals surface area contributed by atoms with Crippen molar-refractivity contribution in [3.8, 4) is 11.5 Å². The Hall–Kier alpha value is -2.33. The molecule has 4 heteroatoms. The fraction of sp³-hybridized carbons (Fsp3) is 0.618. The summed E-state index contributed by atoms with van der Waals surface area (Å²) in [5.74, 6) is 1.49. The predicted octanol–water partition coefficient (Wildman–Crippen LogP) is 9.37. The number of hydrogen-bond donors (Lipinski definition) is 1. The molecular weight excluding hydrogens is 472 g/mol. The first-order chi connectivity index (χ1) is 18.1. The van der Waals surface area contributed by atoms with E-state index in [1.807, 2.05) is 12.1 Å². The molecule has 0 amide bonds. The zero-order chi connectivity index (χ0) is 28.6. The number of hydrogen-bond acceptors (Lipinski definition) is 4. The van der Waals surface area contributed by atoms with Gasteiger partial charge in [-0.25, -0.2) is 0 Å². The zero-order valence-electron chi connectivity index (χ0n) is 25.5. The van der Waals surface area contributed by atoms with Crippen LogP contribution in [0.2, 0.25) is 0 Å². The zero-order valence-corrected chi connectivity index (χ0v) is 25.5. The molecular formula is C34H54O4. The largest absolute Gasteiger partial charge is 0.487 e. The van der Waals surface area contributed by atoms with Gasteiger partial charge in [-0.1, -0.05) is 54.7 Å². The number of aliphatic hydroxyl groups excluding tert-OH is 1. The summed E-state index contributed by atoms with van der Waals surface area (Å²) < 4.78 is 12.2. The second kappa shape index (κ2) is 18.0. The second-order valence-corrected chi connectivity index (χ2v) is 11.2. The number of ether oxygens (including phenoxy) is 2. The van der Waals surface area contributed by atoms with Crippen LogP contribution >= 0.6 is 0 Å². The lowest BCUT2D eigenvalue weighted by molar-refractivity contribution is -0.134. The van der Waals surface area contributed by atoms with Crippen LogP contribution in [0.5, 0.6) is 11.5 Å². The van der Waals surface area contributed by atoms with Gasteiger partial charge in [0.25, 0.3) is 0 Å².